The van der Waals surface area contributed by atoms with Crippen LogP contribution in [0.5, 0.6) is 0 Å². The first-order valence-electron chi connectivity index (χ1n) is 5.26. The molecule has 0 saturated carbocycles. The maximum Gasteiger partial charge on any atom is 0.131 e. The van der Waals surface area contributed by atoms with Crippen LogP contribution in [-0.4, -0.2) is 0 Å². The van der Waals surface area contributed by atoms with Crippen LogP contribution in [0.25, 0.3) is 6.08 Å². The lowest BCUT2D eigenvalue weighted by atomic mass is 10.3. The number of allylic oxidation sites excluding steroid dienone is 1. The van der Waals surface area contributed by atoms with Crippen LogP contribution in [0.1, 0.15) is 4.88 Å². The predicted octanol–water partition coefficient (Wildman–Crippen LogP) is 4.98. The van der Waals surface area contributed by atoms with Crippen molar-refractivity contribution in [2.75, 3.05) is 0 Å². The number of benzene rings is 1. The molecule has 1 aromatic heterocycles. The van der Waals surface area contributed by atoms with Crippen molar-refractivity contribution < 1.29 is 0 Å². The molecule has 2 nitrogen and oxygen atoms in total. The van der Waals surface area contributed by atoms with Crippen LogP contribution in [0.3, 0.4) is 0 Å². The van der Waals surface area contributed by atoms with Gasteiger partial charge in [0.1, 0.15) is 17.7 Å². The van der Waals surface area contributed by atoms with E-state index in [1.807, 2.05) is 48.5 Å². The molecule has 0 N–H and O–H groups in total. The molecule has 0 spiro atoms. The molecular formula is C14H7ClN2S2. The van der Waals surface area contributed by atoms with E-state index in [0.717, 1.165) is 14.0 Å². The second-order valence-corrected chi connectivity index (χ2v) is 6.42. The number of halogens is 1. The summed E-state index contributed by atoms with van der Waals surface area (Å²) in [6.07, 6.45) is 1.59. The largest absolute Gasteiger partial charge is 0.192 e. The molecule has 0 aliphatic carbocycles. The Hall–Kier alpha value is -1.72. The third-order valence-corrected chi connectivity index (χ3v) is 4.59. The van der Waals surface area contributed by atoms with Gasteiger partial charge >= 0.3 is 0 Å². The number of nitriles is 2. The number of hydrogen-bond acceptors (Lipinski definition) is 4. The van der Waals surface area contributed by atoms with Crippen LogP contribution >= 0.6 is 34.7 Å². The minimum absolute atomic E-state index is 0.116. The highest BCUT2D eigenvalue weighted by Crippen LogP contribution is 2.34. The highest BCUT2D eigenvalue weighted by atomic mass is 35.5. The van der Waals surface area contributed by atoms with Gasteiger partial charge in [0.15, 0.2) is 0 Å². The number of rotatable bonds is 3. The Morgan fingerprint density at radius 3 is 2.42 bits per heavy atom. The summed E-state index contributed by atoms with van der Waals surface area (Å²) in [7, 11) is 0. The summed E-state index contributed by atoms with van der Waals surface area (Å²) in [6.45, 7) is 0. The van der Waals surface area contributed by atoms with E-state index in [4.69, 9.17) is 22.1 Å². The molecule has 1 heterocycles. The molecule has 0 saturated heterocycles. The van der Waals surface area contributed by atoms with Gasteiger partial charge in [0.25, 0.3) is 0 Å². The zero-order valence-corrected chi connectivity index (χ0v) is 12.0. The van der Waals surface area contributed by atoms with Crippen LogP contribution < -0.4 is 0 Å². The molecule has 0 fully saturated rings. The maximum atomic E-state index is 8.70. The fourth-order valence-electron chi connectivity index (χ4n) is 1.32. The number of nitrogens with zero attached hydrogens (tertiary/aromatic N) is 2. The van der Waals surface area contributed by atoms with Gasteiger partial charge in [-0.15, -0.1) is 11.3 Å². The monoisotopic (exact) mass is 302 g/mol. The van der Waals surface area contributed by atoms with Gasteiger partial charge in [-0.3, -0.25) is 0 Å². The molecule has 2 aromatic rings. The third kappa shape index (κ3) is 3.87. The highest BCUT2D eigenvalue weighted by Gasteiger charge is 2.02. The van der Waals surface area contributed by atoms with Crippen molar-refractivity contribution in [2.45, 2.75) is 9.10 Å². The smallest absolute Gasteiger partial charge is 0.131 e. The van der Waals surface area contributed by atoms with E-state index in [1.165, 1.54) is 0 Å². The summed E-state index contributed by atoms with van der Waals surface area (Å²) in [5.74, 6) is 0. The summed E-state index contributed by atoms with van der Waals surface area (Å²) in [5, 5.41) is 18.1. The van der Waals surface area contributed by atoms with Gasteiger partial charge in [-0.25, -0.2) is 0 Å². The third-order valence-electron chi connectivity index (χ3n) is 2.16. The summed E-state index contributed by atoms with van der Waals surface area (Å²) < 4.78 is 1.10. The average Bonchev–Trinajstić information content (AvgIpc) is 2.86. The van der Waals surface area contributed by atoms with Crippen molar-refractivity contribution in [3.8, 4) is 12.1 Å². The van der Waals surface area contributed by atoms with E-state index in [9.17, 15) is 0 Å². The first-order chi connectivity index (χ1) is 9.21. The lowest BCUT2D eigenvalue weighted by molar-refractivity contribution is 1.46. The second-order valence-electron chi connectivity index (χ2n) is 3.49. The van der Waals surface area contributed by atoms with Gasteiger partial charge in [-0.2, -0.15) is 10.5 Å². The van der Waals surface area contributed by atoms with Gasteiger partial charge in [0, 0.05) is 14.8 Å². The summed E-state index contributed by atoms with van der Waals surface area (Å²) in [6, 6.07) is 15.2. The maximum absolute atomic E-state index is 8.70. The number of hydrogen-bond donors (Lipinski definition) is 0. The Kier molecular flexibility index (Phi) is 4.65. The van der Waals surface area contributed by atoms with Crippen LogP contribution in [0.15, 0.2) is 51.1 Å². The fourth-order valence-corrected chi connectivity index (χ4v) is 3.51. The van der Waals surface area contributed by atoms with Crippen molar-refractivity contribution in [2.24, 2.45) is 0 Å². The topological polar surface area (TPSA) is 47.6 Å². The lowest BCUT2D eigenvalue weighted by Gasteiger charge is -1.97. The predicted molar refractivity (Wildman–Crippen MR) is 79.1 cm³/mol. The van der Waals surface area contributed by atoms with E-state index < -0.39 is 0 Å². The molecule has 2 rings (SSSR count). The Morgan fingerprint density at radius 2 is 1.79 bits per heavy atom. The molecule has 19 heavy (non-hydrogen) atoms. The van der Waals surface area contributed by atoms with Crippen molar-refractivity contribution in [3.05, 3.63) is 51.9 Å². The molecule has 0 atom stereocenters. The van der Waals surface area contributed by atoms with Crippen molar-refractivity contribution >= 4 is 40.8 Å². The van der Waals surface area contributed by atoms with Gasteiger partial charge in [0.05, 0.1) is 4.21 Å². The van der Waals surface area contributed by atoms with E-state index >= 15 is 0 Å². The second kappa shape index (κ2) is 6.45. The average molecular weight is 303 g/mol. The Morgan fingerprint density at radius 1 is 1.11 bits per heavy atom. The van der Waals surface area contributed by atoms with E-state index in [2.05, 4.69) is 0 Å². The SMILES string of the molecule is N#CC(C#N)=Cc1ccc(Sc2ccc(Cl)cc2)s1. The van der Waals surface area contributed by atoms with Gasteiger partial charge < -0.3 is 0 Å². The molecule has 0 amide bonds. The molecule has 0 unspecified atom stereocenters. The zero-order valence-electron chi connectivity index (χ0n) is 9.63. The summed E-state index contributed by atoms with van der Waals surface area (Å²) >= 11 is 9.00. The minimum atomic E-state index is 0.116. The first-order valence-corrected chi connectivity index (χ1v) is 7.27. The first kappa shape index (κ1) is 13.7. The van der Waals surface area contributed by atoms with Gasteiger partial charge in [0.2, 0.25) is 0 Å². The molecule has 1 aromatic carbocycles. The highest BCUT2D eigenvalue weighted by molar-refractivity contribution is 8.01. The molecule has 92 valence electrons. The van der Waals surface area contributed by atoms with E-state index in [0.29, 0.717) is 5.02 Å². The van der Waals surface area contributed by atoms with E-state index in [-0.39, 0.29) is 5.57 Å². The Bertz CT molecular complexity index is 671. The van der Waals surface area contributed by atoms with Crippen LogP contribution in [0.2, 0.25) is 5.02 Å². The summed E-state index contributed by atoms with van der Waals surface area (Å²) in [4.78, 5) is 2.00. The van der Waals surface area contributed by atoms with Gasteiger partial charge in [-0.05, 0) is 42.5 Å². The molecule has 0 aliphatic rings. The summed E-state index contributed by atoms with van der Waals surface area (Å²) in [5.41, 5.74) is 0.116. The standard InChI is InChI=1S/C14H7ClN2S2/c15-11-1-3-12(4-2-11)18-14-6-5-13(19-14)7-10(8-16)9-17/h1-7H. The molecule has 5 heteroatoms. The van der Waals surface area contributed by atoms with Crippen LogP contribution in [0.4, 0.5) is 0 Å². The Labute approximate surface area is 124 Å². The van der Waals surface area contributed by atoms with Gasteiger partial charge in [-0.1, -0.05) is 23.4 Å². The Balaban J connectivity index is 2.14. The number of thiophene rings is 1. The van der Waals surface area contributed by atoms with Crippen molar-refractivity contribution in [1.82, 2.24) is 0 Å². The van der Waals surface area contributed by atoms with Crippen LogP contribution in [0, 0.1) is 22.7 Å². The van der Waals surface area contributed by atoms with E-state index in [1.54, 1.807) is 29.2 Å². The normalized spacial score (nSPS) is 9.42. The molecule has 0 bridgehead atoms. The van der Waals surface area contributed by atoms with Crippen LogP contribution in [-0.2, 0) is 0 Å². The lowest BCUT2D eigenvalue weighted by Crippen LogP contribution is -1.69. The molecule has 0 radical (unpaired) electrons. The minimum Gasteiger partial charge on any atom is -0.192 e. The molecular weight excluding hydrogens is 296 g/mol. The fraction of sp³-hybridized carbons (Fsp3) is 0. The van der Waals surface area contributed by atoms with Crippen molar-refractivity contribution in [1.29, 1.82) is 10.5 Å². The quantitative estimate of drug-likeness (QED) is 0.751. The zero-order chi connectivity index (χ0) is 13.7. The van der Waals surface area contributed by atoms with Crippen molar-refractivity contribution in [3.63, 3.8) is 0 Å². The molecule has 0 aliphatic heterocycles.